The molecule has 0 aliphatic heterocycles. The van der Waals surface area contributed by atoms with E-state index in [0.29, 0.717) is 25.8 Å². The summed E-state index contributed by atoms with van der Waals surface area (Å²) in [6, 6.07) is 0. The zero-order valence-electron chi connectivity index (χ0n) is 11.7. The van der Waals surface area contributed by atoms with E-state index >= 15 is 0 Å². The van der Waals surface area contributed by atoms with Gasteiger partial charge in [-0.05, 0) is 19.1 Å². The first-order valence-electron chi connectivity index (χ1n) is 6.34. The van der Waals surface area contributed by atoms with Gasteiger partial charge in [-0.25, -0.2) is 0 Å². The minimum Gasteiger partial charge on any atom is -0.481 e. The third-order valence-corrected chi connectivity index (χ3v) is 4.08. The van der Waals surface area contributed by atoms with Gasteiger partial charge in [-0.1, -0.05) is 34.4 Å². The highest BCUT2D eigenvalue weighted by Gasteiger charge is 2.18. The van der Waals surface area contributed by atoms with Crippen molar-refractivity contribution in [3.63, 3.8) is 0 Å². The number of carboxylic acids is 1. The summed E-state index contributed by atoms with van der Waals surface area (Å²) in [6.45, 7) is 0.265. The van der Waals surface area contributed by atoms with E-state index in [9.17, 15) is 19.2 Å². The van der Waals surface area contributed by atoms with Crippen LogP contribution in [0.1, 0.15) is 25.7 Å². The molecule has 0 fully saturated rings. The van der Waals surface area contributed by atoms with Crippen molar-refractivity contribution < 1.29 is 24.3 Å². The highest BCUT2D eigenvalue weighted by Crippen LogP contribution is 2.05. The van der Waals surface area contributed by atoms with Gasteiger partial charge in [0.2, 0.25) is 11.8 Å². The Balaban J connectivity index is 3.69. The average molecular weight is 430 g/mol. The summed E-state index contributed by atoms with van der Waals surface area (Å²) in [7, 11) is 0. The Morgan fingerprint density at radius 3 is 2.43 bits per heavy atom. The molecule has 0 saturated heterocycles. The second-order valence-corrected chi connectivity index (χ2v) is 6.53. The molecule has 21 heavy (non-hydrogen) atoms. The Morgan fingerprint density at radius 1 is 1.19 bits per heavy atom. The van der Waals surface area contributed by atoms with Crippen LogP contribution in [0.3, 0.4) is 0 Å². The van der Waals surface area contributed by atoms with Crippen LogP contribution in [0, 0.1) is 0 Å². The highest BCUT2D eigenvalue weighted by molar-refractivity contribution is 14.1. The number of thioether (sulfide) groups is 1. The van der Waals surface area contributed by atoms with Gasteiger partial charge in [0, 0.05) is 13.0 Å². The van der Waals surface area contributed by atoms with Gasteiger partial charge < -0.3 is 15.7 Å². The topological polar surface area (TPSA) is 113 Å². The molecular formula is C12H19IN2O5S. The molecule has 2 amide bonds. The molecule has 3 N–H and O–H groups in total. The lowest BCUT2D eigenvalue weighted by molar-refractivity contribution is -0.138. The maximum Gasteiger partial charge on any atom is 0.304 e. The third-order valence-electron chi connectivity index (χ3n) is 2.42. The summed E-state index contributed by atoms with van der Waals surface area (Å²) in [5.41, 5.74) is 0. The number of hydrogen-bond acceptors (Lipinski definition) is 5. The number of aliphatic carboxylic acids is 1. The van der Waals surface area contributed by atoms with Crippen LogP contribution in [0.4, 0.5) is 0 Å². The van der Waals surface area contributed by atoms with Crippen LogP contribution < -0.4 is 10.6 Å². The number of rotatable bonds is 10. The van der Waals surface area contributed by atoms with Gasteiger partial charge in [-0.15, -0.1) is 0 Å². The SMILES string of the molecule is CSC(=O)CCCCNC(=O)CNC(=O)C(I)CC(=O)O. The molecule has 0 aliphatic rings. The fraction of sp³-hybridized carbons (Fsp3) is 0.667. The van der Waals surface area contributed by atoms with Gasteiger partial charge in [0.25, 0.3) is 0 Å². The molecule has 0 saturated carbocycles. The van der Waals surface area contributed by atoms with Crippen LogP contribution in [0.15, 0.2) is 0 Å². The molecular weight excluding hydrogens is 411 g/mol. The third kappa shape index (κ3) is 11.5. The molecule has 1 atom stereocenters. The van der Waals surface area contributed by atoms with E-state index in [0.717, 1.165) is 0 Å². The lowest BCUT2D eigenvalue weighted by atomic mass is 10.2. The molecule has 0 spiro atoms. The number of carboxylic acid groups (broad SMARTS) is 1. The smallest absolute Gasteiger partial charge is 0.304 e. The Labute approximate surface area is 141 Å². The van der Waals surface area contributed by atoms with E-state index in [1.54, 1.807) is 28.8 Å². The maximum absolute atomic E-state index is 11.5. The first kappa shape index (κ1) is 20.2. The van der Waals surface area contributed by atoms with E-state index in [1.165, 1.54) is 11.8 Å². The van der Waals surface area contributed by atoms with Crippen molar-refractivity contribution in [3.05, 3.63) is 0 Å². The maximum atomic E-state index is 11.5. The van der Waals surface area contributed by atoms with Crippen molar-refractivity contribution in [2.75, 3.05) is 19.3 Å². The zero-order valence-corrected chi connectivity index (χ0v) is 14.7. The number of unbranched alkanes of at least 4 members (excludes halogenated alkanes) is 1. The van der Waals surface area contributed by atoms with E-state index in [4.69, 9.17) is 5.11 Å². The first-order valence-corrected chi connectivity index (χ1v) is 8.81. The zero-order chi connectivity index (χ0) is 16.3. The average Bonchev–Trinajstić information content (AvgIpc) is 2.43. The Bertz CT molecular complexity index is 392. The van der Waals surface area contributed by atoms with Gasteiger partial charge in [-0.3, -0.25) is 19.2 Å². The number of halogens is 1. The van der Waals surface area contributed by atoms with Crippen molar-refractivity contribution in [1.82, 2.24) is 10.6 Å². The summed E-state index contributed by atoms with van der Waals surface area (Å²) in [5.74, 6) is -1.87. The van der Waals surface area contributed by atoms with Crippen LogP contribution in [0.25, 0.3) is 0 Å². The van der Waals surface area contributed by atoms with Gasteiger partial charge in [0.05, 0.1) is 13.0 Å². The van der Waals surface area contributed by atoms with Crippen LogP contribution in [0.5, 0.6) is 0 Å². The molecule has 0 aromatic rings. The van der Waals surface area contributed by atoms with E-state index in [1.807, 2.05) is 0 Å². The minimum atomic E-state index is -1.06. The number of amides is 2. The molecule has 7 nitrogen and oxygen atoms in total. The molecule has 9 heteroatoms. The fourth-order valence-corrected chi connectivity index (χ4v) is 2.26. The molecule has 0 bridgehead atoms. The van der Waals surface area contributed by atoms with E-state index < -0.39 is 15.8 Å². The van der Waals surface area contributed by atoms with Crippen molar-refractivity contribution in [2.45, 2.75) is 29.6 Å². The fourth-order valence-electron chi connectivity index (χ4n) is 1.31. The number of carbonyl (C=O) groups is 4. The lowest BCUT2D eigenvalue weighted by Gasteiger charge is -2.09. The molecule has 0 heterocycles. The van der Waals surface area contributed by atoms with Crippen LogP contribution in [-0.2, 0) is 19.2 Å². The highest BCUT2D eigenvalue weighted by atomic mass is 127. The summed E-state index contributed by atoms with van der Waals surface area (Å²) >= 11 is 2.91. The second kappa shape index (κ2) is 11.8. The van der Waals surface area contributed by atoms with E-state index in [2.05, 4.69) is 10.6 Å². The quantitative estimate of drug-likeness (QED) is 0.265. The number of carbonyl (C=O) groups excluding carboxylic acids is 3. The van der Waals surface area contributed by atoms with Crippen LogP contribution in [-0.4, -0.2) is 51.3 Å². The van der Waals surface area contributed by atoms with E-state index in [-0.39, 0.29) is 24.0 Å². The Hall–Kier alpha value is -0.840. The molecule has 120 valence electrons. The minimum absolute atomic E-state index is 0.125. The van der Waals surface area contributed by atoms with Crippen molar-refractivity contribution in [3.8, 4) is 0 Å². The molecule has 0 aromatic heterocycles. The number of nitrogens with one attached hydrogen (secondary N) is 2. The Kier molecular flexibility index (Phi) is 11.3. The molecule has 0 aliphatic carbocycles. The van der Waals surface area contributed by atoms with Crippen LogP contribution in [0.2, 0.25) is 0 Å². The van der Waals surface area contributed by atoms with Crippen LogP contribution >= 0.6 is 34.4 Å². The monoisotopic (exact) mass is 430 g/mol. The lowest BCUT2D eigenvalue weighted by Crippen LogP contribution is -2.40. The number of alkyl halides is 1. The summed E-state index contributed by atoms with van der Waals surface area (Å²) in [5, 5.41) is 13.7. The summed E-state index contributed by atoms with van der Waals surface area (Å²) < 4.78 is -0.703. The van der Waals surface area contributed by atoms with Crippen molar-refractivity contribution in [1.29, 1.82) is 0 Å². The van der Waals surface area contributed by atoms with Crippen molar-refractivity contribution >= 4 is 57.3 Å². The van der Waals surface area contributed by atoms with Gasteiger partial charge in [-0.2, -0.15) is 0 Å². The second-order valence-electron chi connectivity index (χ2n) is 4.17. The predicted octanol–water partition coefficient (Wildman–Crippen LogP) is 0.557. The predicted molar refractivity (Wildman–Crippen MR) is 88.5 cm³/mol. The molecule has 0 aromatic carbocycles. The number of hydrogen-bond donors (Lipinski definition) is 3. The largest absolute Gasteiger partial charge is 0.481 e. The molecule has 0 radical (unpaired) electrons. The van der Waals surface area contributed by atoms with Crippen molar-refractivity contribution in [2.24, 2.45) is 0 Å². The Morgan fingerprint density at radius 2 is 1.86 bits per heavy atom. The normalized spacial score (nSPS) is 11.5. The van der Waals surface area contributed by atoms with Gasteiger partial charge >= 0.3 is 5.97 Å². The van der Waals surface area contributed by atoms with Gasteiger partial charge in [0.1, 0.15) is 3.92 Å². The summed E-state index contributed by atoms with van der Waals surface area (Å²) in [4.78, 5) is 44.3. The molecule has 1 unspecified atom stereocenters. The first-order chi connectivity index (χ1) is 9.86. The molecule has 0 rings (SSSR count). The van der Waals surface area contributed by atoms with Gasteiger partial charge in [0.15, 0.2) is 5.12 Å². The standard InChI is InChI=1S/C12H19IN2O5S/c1-21-11(19)4-2-3-5-14-9(16)7-15-12(20)8(13)6-10(17)18/h8H,2-7H2,1H3,(H,14,16)(H,15,20)(H,17,18). The summed E-state index contributed by atoms with van der Waals surface area (Å²) in [6.07, 6.45) is 3.34.